The van der Waals surface area contributed by atoms with Crippen LogP contribution in [-0.4, -0.2) is 42.8 Å². The summed E-state index contributed by atoms with van der Waals surface area (Å²) in [6.07, 6.45) is 4.93. The van der Waals surface area contributed by atoms with Gasteiger partial charge in [0, 0.05) is 19.3 Å². The van der Waals surface area contributed by atoms with Crippen molar-refractivity contribution in [3.8, 4) is 0 Å². The molecule has 4 nitrogen and oxygen atoms in total. The Kier molecular flexibility index (Phi) is 5.66. The standard InChI is InChI=1S/C12H20FN3O/c1-10(6-7-13)15-9-11-5-3-4-8-16(11)12(17)14-2/h6-7,11H,3-5,8-9H2,1-2H3,(H,14,17)/b7-6-,15-10?. The highest BCUT2D eigenvalue weighted by Gasteiger charge is 2.25. The lowest BCUT2D eigenvalue weighted by Crippen LogP contribution is -2.49. The van der Waals surface area contributed by atoms with Gasteiger partial charge in [0.1, 0.15) is 0 Å². The highest BCUT2D eigenvalue weighted by atomic mass is 19.1. The molecule has 0 aliphatic carbocycles. The van der Waals surface area contributed by atoms with E-state index in [9.17, 15) is 9.18 Å². The Bertz CT molecular complexity index is 315. The van der Waals surface area contributed by atoms with Gasteiger partial charge in [0.2, 0.25) is 0 Å². The molecule has 0 aromatic rings. The number of aliphatic imine (C=N–C) groups is 1. The second-order valence-corrected chi connectivity index (χ2v) is 4.17. The molecule has 5 heteroatoms. The molecule has 1 fully saturated rings. The van der Waals surface area contributed by atoms with Gasteiger partial charge in [-0.2, -0.15) is 0 Å². The third-order valence-electron chi connectivity index (χ3n) is 2.96. The van der Waals surface area contributed by atoms with Crippen LogP contribution in [0.2, 0.25) is 0 Å². The molecule has 1 N–H and O–H groups in total. The topological polar surface area (TPSA) is 44.7 Å². The molecule has 0 bridgehead atoms. The van der Waals surface area contributed by atoms with E-state index in [-0.39, 0.29) is 12.1 Å². The highest BCUT2D eigenvalue weighted by Crippen LogP contribution is 2.17. The average molecular weight is 241 g/mol. The third kappa shape index (κ3) is 4.17. The Balaban J connectivity index is 2.59. The van der Waals surface area contributed by atoms with Gasteiger partial charge in [-0.15, -0.1) is 0 Å². The fourth-order valence-electron chi connectivity index (χ4n) is 1.99. The minimum absolute atomic E-state index is 0.0522. The van der Waals surface area contributed by atoms with E-state index in [0.29, 0.717) is 18.6 Å². The molecule has 1 unspecified atom stereocenters. The molecule has 2 amide bonds. The van der Waals surface area contributed by atoms with Crippen LogP contribution < -0.4 is 5.32 Å². The summed E-state index contributed by atoms with van der Waals surface area (Å²) >= 11 is 0. The molecule has 0 radical (unpaired) electrons. The van der Waals surface area contributed by atoms with Crippen molar-refractivity contribution < 1.29 is 9.18 Å². The van der Waals surface area contributed by atoms with Crippen LogP contribution in [0.5, 0.6) is 0 Å². The highest BCUT2D eigenvalue weighted by molar-refractivity contribution is 5.92. The van der Waals surface area contributed by atoms with Gasteiger partial charge in [-0.3, -0.25) is 4.99 Å². The molecular formula is C12H20FN3O. The summed E-state index contributed by atoms with van der Waals surface area (Å²) in [6.45, 7) is 3.07. The van der Waals surface area contributed by atoms with Crippen LogP contribution in [0.15, 0.2) is 17.4 Å². The van der Waals surface area contributed by atoms with Crippen LogP contribution in [0, 0.1) is 0 Å². The lowest BCUT2D eigenvalue weighted by Gasteiger charge is -2.34. The molecule has 0 aromatic heterocycles. The Labute approximate surface area is 102 Å². The van der Waals surface area contributed by atoms with E-state index in [0.717, 1.165) is 25.8 Å². The number of urea groups is 1. The second-order valence-electron chi connectivity index (χ2n) is 4.17. The van der Waals surface area contributed by atoms with E-state index in [2.05, 4.69) is 10.3 Å². The average Bonchev–Trinajstić information content (AvgIpc) is 2.36. The summed E-state index contributed by atoms with van der Waals surface area (Å²) in [4.78, 5) is 17.7. The fraction of sp³-hybridized carbons (Fsp3) is 0.667. The summed E-state index contributed by atoms with van der Waals surface area (Å²) in [5.41, 5.74) is 0.648. The van der Waals surface area contributed by atoms with Crippen molar-refractivity contribution >= 4 is 11.7 Å². The molecule has 17 heavy (non-hydrogen) atoms. The van der Waals surface area contributed by atoms with Crippen molar-refractivity contribution in [1.29, 1.82) is 0 Å². The van der Waals surface area contributed by atoms with Gasteiger partial charge in [-0.25, -0.2) is 9.18 Å². The Morgan fingerprint density at radius 2 is 2.35 bits per heavy atom. The molecule has 0 aromatic carbocycles. The van der Waals surface area contributed by atoms with Crippen LogP contribution in [0.3, 0.4) is 0 Å². The van der Waals surface area contributed by atoms with E-state index in [4.69, 9.17) is 0 Å². The van der Waals surface area contributed by atoms with Gasteiger partial charge in [0.15, 0.2) is 0 Å². The van der Waals surface area contributed by atoms with Crippen LogP contribution in [-0.2, 0) is 0 Å². The van der Waals surface area contributed by atoms with Crippen molar-refractivity contribution in [3.63, 3.8) is 0 Å². The number of rotatable bonds is 3. The number of likely N-dealkylation sites (tertiary alicyclic amines) is 1. The molecule has 0 saturated carbocycles. The number of piperidine rings is 1. The number of hydrogen-bond acceptors (Lipinski definition) is 2. The number of amides is 2. The minimum Gasteiger partial charge on any atom is -0.341 e. The number of carbonyl (C=O) groups excluding carboxylic acids is 1. The maximum absolute atomic E-state index is 11.9. The zero-order valence-electron chi connectivity index (χ0n) is 10.4. The van der Waals surface area contributed by atoms with E-state index < -0.39 is 0 Å². The first kappa shape index (κ1) is 13.7. The molecule has 96 valence electrons. The van der Waals surface area contributed by atoms with E-state index in [1.165, 1.54) is 6.08 Å². The molecule has 1 heterocycles. The molecule has 0 spiro atoms. The van der Waals surface area contributed by atoms with Crippen LogP contribution in [0.25, 0.3) is 0 Å². The molecule has 1 rings (SSSR count). The molecule has 1 saturated heterocycles. The van der Waals surface area contributed by atoms with E-state index >= 15 is 0 Å². The van der Waals surface area contributed by atoms with Gasteiger partial charge in [0.05, 0.1) is 18.9 Å². The first-order valence-electron chi connectivity index (χ1n) is 5.95. The normalized spacial score (nSPS) is 21.9. The SMILES string of the molecule is CNC(=O)N1CCCCC1CN=C(C)/C=C\F. The van der Waals surface area contributed by atoms with E-state index in [1.54, 1.807) is 14.0 Å². The minimum atomic E-state index is -0.0522. The van der Waals surface area contributed by atoms with E-state index in [1.807, 2.05) is 4.90 Å². The molecule has 1 atom stereocenters. The summed E-state index contributed by atoms with van der Waals surface area (Å²) in [5, 5.41) is 2.64. The Hall–Kier alpha value is -1.39. The first-order valence-corrected chi connectivity index (χ1v) is 5.95. The maximum atomic E-state index is 11.9. The monoisotopic (exact) mass is 241 g/mol. The first-order chi connectivity index (χ1) is 8.19. The third-order valence-corrected chi connectivity index (χ3v) is 2.96. The largest absolute Gasteiger partial charge is 0.341 e. The predicted molar refractivity (Wildman–Crippen MR) is 67.0 cm³/mol. The lowest BCUT2D eigenvalue weighted by molar-refractivity contribution is 0.156. The summed E-state index contributed by atoms with van der Waals surface area (Å²) in [6, 6.07) is 0.0789. The van der Waals surface area contributed by atoms with Crippen molar-refractivity contribution in [2.75, 3.05) is 20.1 Å². The number of halogens is 1. The van der Waals surface area contributed by atoms with Crippen LogP contribution >= 0.6 is 0 Å². The van der Waals surface area contributed by atoms with Crippen LogP contribution in [0.1, 0.15) is 26.2 Å². The molecule has 1 aliphatic heterocycles. The summed E-state index contributed by atoms with van der Waals surface area (Å²) in [5.74, 6) is 0. The van der Waals surface area contributed by atoms with Crippen molar-refractivity contribution in [2.24, 2.45) is 4.99 Å². The second kappa shape index (κ2) is 7.04. The van der Waals surface area contributed by atoms with Gasteiger partial charge < -0.3 is 10.2 Å². The lowest BCUT2D eigenvalue weighted by atomic mass is 10.0. The van der Waals surface area contributed by atoms with Gasteiger partial charge in [-0.05, 0) is 32.3 Å². The smallest absolute Gasteiger partial charge is 0.317 e. The number of allylic oxidation sites excluding steroid dienone is 1. The Morgan fingerprint density at radius 1 is 1.59 bits per heavy atom. The number of nitrogens with zero attached hydrogens (tertiary/aromatic N) is 2. The summed E-state index contributed by atoms with van der Waals surface area (Å²) in [7, 11) is 1.63. The van der Waals surface area contributed by atoms with Crippen LogP contribution in [0.4, 0.5) is 9.18 Å². The van der Waals surface area contributed by atoms with Crippen molar-refractivity contribution in [3.05, 3.63) is 12.4 Å². The summed E-state index contributed by atoms with van der Waals surface area (Å²) < 4.78 is 11.9. The molecular weight excluding hydrogens is 221 g/mol. The zero-order valence-corrected chi connectivity index (χ0v) is 10.4. The van der Waals surface area contributed by atoms with Gasteiger partial charge in [-0.1, -0.05) is 0 Å². The quantitative estimate of drug-likeness (QED) is 0.756. The number of hydrogen-bond donors (Lipinski definition) is 1. The maximum Gasteiger partial charge on any atom is 0.317 e. The Morgan fingerprint density at radius 3 is 3.00 bits per heavy atom. The molecule has 1 aliphatic rings. The van der Waals surface area contributed by atoms with Gasteiger partial charge >= 0.3 is 6.03 Å². The van der Waals surface area contributed by atoms with Crippen molar-refractivity contribution in [1.82, 2.24) is 10.2 Å². The fourth-order valence-corrected chi connectivity index (χ4v) is 1.99. The van der Waals surface area contributed by atoms with Crippen molar-refractivity contribution in [2.45, 2.75) is 32.2 Å². The predicted octanol–water partition coefficient (Wildman–Crippen LogP) is 2.12. The number of carbonyl (C=O) groups is 1. The van der Waals surface area contributed by atoms with Gasteiger partial charge in [0.25, 0.3) is 0 Å². The zero-order chi connectivity index (χ0) is 12.7. The number of nitrogens with one attached hydrogen (secondary N) is 1.